The zero-order chi connectivity index (χ0) is 18.2. The van der Waals surface area contributed by atoms with Gasteiger partial charge in [0, 0.05) is 45.1 Å². The highest BCUT2D eigenvalue weighted by molar-refractivity contribution is 5.79. The minimum Gasteiger partial charge on any atom is -0.352 e. The molecule has 0 spiro atoms. The van der Waals surface area contributed by atoms with Crippen LogP contribution in [-0.2, 0) is 16.0 Å². The van der Waals surface area contributed by atoms with Crippen LogP contribution in [-0.4, -0.2) is 60.4 Å². The third-order valence-electron chi connectivity index (χ3n) is 5.46. The van der Waals surface area contributed by atoms with Crippen LogP contribution >= 0.6 is 0 Å². The van der Waals surface area contributed by atoms with Crippen molar-refractivity contribution in [1.29, 1.82) is 0 Å². The molecule has 0 aromatic heterocycles. The summed E-state index contributed by atoms with van der Waals surface area (Å²) in [5.74, 6) is 0.284. The van der Waals surface area contributed by atoms with Gasteiger partial charge in [-0.25, -0.2) is 0 Å². The molecule has 0 saturated carbocycles. The topological polar surface area (TPSA) is 52.7 Å². The van der Waals surface area contributed by atoms with Crippen molar-refractivity contribution >= 4 is 11.8 Å². The fourth-order valence-electron chi connectivity index (χ4n) is 3.94. The average Bonchev–Trinajstić information content (AvgIpc) is 2.67. The first-order chi connectivity index (χ1) is 12.7. The Morgan fingerprint density at radius 1 is 1.08 bits per heavy atom. The van der Waals surface area contributed by atoms with Gasteiger partial charge in [-0.2, -0.15) is 0 Å². The van der Waals surface area contributed by atoms with Crippen molar-refractivity contribution < 1.29 is 9.59 Å². The molecule has 2 amide bonds. The highest BCUT2D eigenvalue weighted by Crippen LogP contribution is 2.13. The monoisotopic (exact) mass is 357 g/mol. The molecule has 5 nitrogen and oxygen atoms in total. The molecule has 1 N–H and O–H groups in total. The molecule has 2 aliphatic rings. The van der Waals surface area contributed by atoms with E-state index < -0.39 is 0 Å². The largest absolute Gasteiger partial charge is 0.352 e. The summed E-state index contributed by atoms with van der Waals surface area (Å²) in [6.45, 7) is 4.46. The summed E-state index contributed by atoms with van der Waals surface area (Å²) >= 11 is 0. The van der Waals surface area contributed by atoms with Gasteiger partial charge in [-0.15, -0.1) is 0 Å². The van der Waals surface area contributed by atoms with Crippen LogP contribution in [0.5, 0.6) is 0 Å². The molecule has 2 heterocycles. The molecule has 0 radical (unpaired) electrons. The number of benzene rings is 1. The zero-order valence-corrected chi connectivity index (χ0v) is 15.7. The number of nitrogens with zero attached hydrogens (tertiary/aromatic N) is 2. The SMILES string of the molecule is O=C(CCN1CCCCC1=O)N[C@@H]1CCCN(CCc2ccccc2)C1. The number of hydrogen-bond acceptors (Lipinski definition) is 3. The number of likely N-dealkylation sites (tertiary alicyclic amines) is 2. The summed E-state index contributed by atoms with van der Waals surface area (Å²) in [6.07, 6.45) is 6.35. The van der Waals surface area contributed by atoms with Gasteiger partial charge in [0.1, 0.15) is 0 Å². The molecule has 142 valence electrons. The number of rotatable bonds is 7. The van der Waals surface area contributed by atoms with E-state index >= 15 is 0 Å². The zero-order valence-electron chi connectivity index (χ0n) is 15.7. The number of carbonyl (C=O) groups is 2. The Balaban J connectivity index is 1.37. The standard InChI is InChI=1S/C21H31N3O2/c25-20(12-16-24-14-5-4-10-21(24)26)22-19-9-6-13-23(17-19)15-11-18-7-2-1-3-8-18/h1-3,7-8,19H,4-6,9-17H2,(H,22,25)/t19-/m1/s1. The lowest BCUT2D eigenvalue weighted by Crippen LogP contribution is -2.48. The first-order valence-electron chi connectivity index (χ1n) is 10.0. The van der Waals surface area contributed by atoms with E-state index in [-0.39, 0.29) is 17.9 Å². The van der Waals surface area contributed by atoms with E-state index in [1.165, 1.54) is 5.56 Å². The molecule has 1 aromatic carbocycles. The van der Waals surface area contributed by atoms with E-state index in [9.17, 15) is 9.59 Å². The summed E-state index contributed by atoms with van der Waals surface area (Å²) in [5.41, 5.74) is 1.37. The van der Waals surface area contributed by atoms with Crippen LogP contribution in [0.2, 0.25) is 0 Å². The highest BCUT2D eigenvalue weighted by atomic mass is 16.2. The lowest BCUT2D eigenvalue weighted by atomic mass is 10.0. The molecule has 5 heteroatoms. The summed E-state index contributed by atoms with van der Waals surface area (Å²) in [4.78, 5) is 28.4. The van der Waals surface area contributed by atoms with Crippen molar-refractivity contribution in [3.63, 3.8) is 0 Å². The first-order valence-corrected chi connectivity index (χ1v) is 10.0. The number of nitrogens with one attached hydrogen (secondary N) is 1. The van der Waals surface area contributed by atoms with E-state index in [1.54, 1.807) is 0 Å². The fourth-order valence-corrected chi connectivity index (χ4v) is 3.94. The van der Waals surface area contributed by atoms with Gasteiger partial charge in [-0.3, -0.25) is 9.59 Å². The van der Waals surface area contributed by atoms with Gasteiger partial charge in [-0.05, 0) is 44.2 Å². The van der Waals surface area contributed by atoms with E-state index in [4.69, 9.17) is 0 Å². The number of carbonyl (C=O) groups excluding carboxylic acids is 2. The van der Waals surface area contributed by atoms with Crippen LogP contribution in [0.15, 0.2) is 30.3 Å². The van der Waals surface area contributed by atoms with Crippen LogP contribution < -0.4 is 5.32 Å². The Bertz CT molecular complexity index is 590. The molecular formula is C21H31N3O2. The van der Waals surface area contributed by atoms with E-state index in [2.05, 4.69) is 34.5 Å². The molecule has 0 bridgehead atoms. The van der Waals surface area contributed by atoms with Crippen LogP contribution in [0.3, 0.4) is 0 Å². The maximum Gasteiger partial charge on any atom is 0.222 e. The highest BCUT2D eigenvalue weighted by Gasteiger charge is 2.22. The second-order valence-corrected chi connectivity index (χ2v) is 7.53. The predicted octanol–water partition coefficient (Wildman–Crippen LogP) is 2.21. The third kappa shape index (κ3) is 5.84. The van der Waals surface area contributed by atoms with E-state index in [1.807, 2.05) is 11.0 Å². The minimum absolute atomic E-state index is 0.0817. The molecule has 0 aliphatic carbocycles. The van der Waals surface area contributed by atoms with Gasteiger partial charge in [-0.1, -0.05) is 30.3 Å². The van der Waals surface area contributed by atoms with Crippen LogP contribution in [0.25, 0.3) is 0 Å². The molecule has 26 heavy (non-hydrogen) atoms. The maximum atomic E-state index is 12.3. The number of hydrogen-bond donors (Lipinski definition) is 1. The third-order valence-corrected chi connectivity index (χ3v) is 5.46. The summed E-state index contributed by atoms with van der Waals surface area (Å²) in [6, 6.07) is 10.8. The molecule has 3 rings (SSSR count). The summed E-state index contributed by atoms with van der Waals surface area (Å²) < 4.78 is 0. The second-order valence-electron chi connectivity index (χ2n) is 7.53. The van der Waals surface area contributed by atoms with Crippen molar-refractivity contribution in [3.05, 3.63) is 35.9 Å². The molecule has 1 aromatic rings. The lowest BCUT2D eigenvalue weighted by molar-refractivity contribution is -0.133. The van der Waals surface area contributed by atoms with E-state index in [0.29, 0.717) is 19.4 Å². The average molecular weight is 357 g/mol. The van der Waals surface area contributed by atoms with Crippen molar-refractivity contribution in [3.8, 4) is 0 Å². The quantitative estimate of drug-likeness (QED) is 0.814. The number of amides is 2. The van der Waals surface area contributed by atoms with Crippen LogP contribution in [0.4, 0.5) is 0 Å². The first kappa shape index (κ1) is 18.9. The molecule has 2 aliphatic heterocycles. The molecule has 2 saturated heterocycles. The smallest absolute Gasteiger partial charge is 0.222 e. The second kappa shape index (κ2) is 9.72. The molecule has 0 unspecified atom stereocenters. The van der Waals surface area contributed by atoms with Crippen LogP contribution in [0, 0.1) is 0 Å². The van der Waals surface area contributed by atoms with Crippen molar-refractivity contribution in [2.45, 2.75) is 51.0 Å². The Kier molecular flexibility index (Phi) is 7.06. The van der Waals surface area contributed by atoms with E-state index in [0.717, 1.165) is 58.3 Å². The van der Waals surface area contributed by atoms with Gasteiger partial charge >= 0.3 is 0 Å². The Morgan fingerprint density at radius 2 is 1.92 bits per heavy atom. The molecular weight excluding hydrogens is 326 g/mol. The summed E-state index contributed by atoms with van der Waals surface area (Å²) in [7, 11) is 0. The fraction of sp³-hybridized carbons (Fsp3) is 0.619. The normalized spacial score (nSPS) is 21.6. The van der Waals surface area contributed by atoms with Gasteiger partial charge in [0.05, 0.1) is 0 Å². The van der Waals surface area contributed by atoms with Gasteiger partial charge < -0.3 is 15.1 Å². The molecule has 2 fully saturated rings. The van der Waals surface area contributed by atoms with Crippen molar-refractivity contribution in [1.82, 2.24) is 15.1 Å². The Labute approximate surface area is 156 Å². The number of piperidine rings is 2. The predicted molar refractivity (Wildman–Crippen MR) is 103 cm³/mol. The maximum absolute atomic E-state index is 12.3. The lowest BCUT2D eigenvalue weighted by Gasteiger charge is -2.33. The van der Waals surface area contributed by atoms with Crippen molar-refractivity contribution in [2.24, 2.45) is 0 Å². The Morgan fingerprint density at radius 3 is 2.73 bits per heavy atom. The minimum atomic E-state index is 0.0817. The van der Waals surface area contributed by atoms with Gasteiger partial charge in [0.2, 0.25) is 11.8 Å². The van der Waals surface area contributed by atoms with Crippen molar-refractivity contribution in [2.75, 3.05) is 32.7 Å². The Hall–Kier alpha value is -1.88. The van der Waals surface area contributed by atoms with Gasteiger partial charge in [0.15, 0.2) is 0 Å². The molecule has 1 atom stereocenters. The summed E-state index contributed by atoms with van der Waals surface area (Å²) in [5, 5.41) is 3.18. The van der Waals surface area contributed by atoms with Crippen LogP contribution in [0.1, 0.15) is 44.1 Å². The van der Waals surface area contributed by atoms with Gasteiger partial charge in [0.25, 0.3) is 0 Å².